The number of non-ortho nitro benzene ring substituents is 1. The molecular formula is C11H13N5O4S. The normalized spacial score (nSPS) is 11.5. The van der Waals surface area contributed by atoms with Gasteiger partial charge in [0, 0.05) is 25.1 Å². The zero-order valence-corrected chi connectivity index (χ0v) is 11.9. The van der Waals surface area contributed by atoms with Crippen molar-refractivity contribution in [1.29, 1.82) is 0 Å². The Hall–Kier alpha value is -2.33. The van der Waals surface area contributed by atoms with E-state index in [-0.39, 0.29) is 17.1 Å². The number of nitro groups is 1. The van der Waals surface area contributed by atoms with Crippen LogP contribution < -0.4 is 4.72 Å². The predicted molar refractivity (Wildman–Crippen MR) is 73.1 cm³/mol. The minimum absolute atomic E-state index is 0.0191. The van der Waals surface area contributed by atoms with Crippen molar-refractivity contribution in [3.05, 3.63) is 46.0 Å². The third kappa shape index (κ3) is 3.61. The van der Waals surface area contributed by atoms with Crippen molar-refractivity contribution in [2.75, 3.05) is 6.54 Å². The van der Waals surface area contributed by atoms with Crippen LogP contribution in [-0.4, -0.2) is 35.1 Å². The summed E-state index contributed by atoms with van der Waals surface area (Å²) in [6.07, 6.45) is 1.70. The second kappa shape index (κ2) is 5.97. The molecule has 9 nitrogen and oxygen atoms in total. The molecule has 0 fully saturated rings. The average molecular weight is 311 g/mol. The summed E-state index contributed by atoms with van der Waals surface area (Å²) >= 11 is 0. The van der Waals surface area contributed by atoms with Crippen molar-refractivity contribution < 1.29 is 13.3 Å². The number of aryl methyl sites for hydroxylation is 1. The van der Waals surface area contributed by atoms with E-state index in [2.05, 4.69) is 19.9 Å². The Bertz CT molecular complexity index is 742. The number of H-pyrrole nitrogens is 1. The van der Waals surface area contributed by atoms with E-state index in [0.717, 1.165) is 6.07 Å². The molecule has 2 rings (SSSR count). The first-order valence-electron chi connectivity index (χ1n) is 5.99. The Morgan fingerprint density at radius 3 is 2.76 bits per heavy atom. The molecule has 1 aromatic heterocycles. The van der Waals surface area contributed by atoms with Crippen LogP contribution in [0.25, 0.3) is 0 Å². The SMILES string of the molecule is Cc1cc([N+](=O)[O-])ccc1S(=O)(=O)NCCc1ncn[nH]1. The molecule has 0 aliphatic rings. The van der Waals surface area contributed by atoms with E-state index in [1.54, 1.807) is 0 Å². The van der Waals surface area contributed by atoms with Crippen LogP contribution >= 0.6 is 0 Å². The highest BCUT2D eigenvalue weighted by Crippen LogP contribution is 2.20. The second-order valence-electron chi connectivity index (χ2n) is 4.29. The van der Waals surface area contributed by atoms with Crippen LogP contribution in [0.2, 0.25) is 0 Å². The molecule has 0 amide bonds. The number of hydrogen-bond acceptors (Lipinski definition) is 6. The average Bonchev–Trinajstić information content (AvgIpc) is 2.91. The molecule has 0 bridgehead atoms. The standard InChI is InChI=1S/C11H13N5O4S/c1-8-6-9(16(17)18)2-3-10(8)21(19,20)14-5-4-11-12-7-13-15-11/h2-3,6-7,14H,4-5H2,1H3,(H,12,13,15). The molecule has 10 heteroatoms. The van der Waals surface area contributed by atoms with Gasteiger partial charge in [-0.15, -0.1) is 0 Å². The second-order valence-corrected chi connectivity index (χ2v) is 6.02. The lowest BCUT2D eigenvalue weighted by atomic mass is 10.2. The number of hydrogen-bond donors (Lipinski definition) is 2. The molecule has 0 saturated heterocycles. The Morgan fingerprint density at radius 2 is 2.19 bits per heavy atom. The first kappa shape index (κ1) is 15.1. The summed E-state index contributed by atoms with van der Waals surface area (Å²) in [4.78, 5) is 14.0. The number of sulfonamides is 1. The largest absolute Gasteiger partial charge is 0.269 e. The van der Waals surface area contributed by atoms with Gasteiger partial charge in [-0.25, -0.2) is 18.1 Å². The topological polar surface area (TPSA) is 131 Å². The molecule has 112 valence electrons. The van der Waals surface area contributed by atoms with E-state index in [1.807, 2.05) is 0 Å². The van der Waals surface area contributed by atoms with Gasteiger partial charge in [-0.05, 0) is 18.6 Å². The molecule has 2 aromatic rings. The van der Waals surface area contributed by atoms with Crippen LogP contribution in [0.3, 0.4) is 0 Å². The van der Waals surface area contributed by atoms with E-state index in [1.165, 1.54) is 25.4 Å². The lowest BCUT2D eigenvalue weighted by Gasteiger charge is -2.08. The van der Waals surface area contributed by atoms with Gasteiger partial charge < -0.3 is 0 Å². The van der Waals surface area contributed by atoms with Crippen molar-refractivity contribution >= 4 is 15.7 Å². The number of aromatic amines is 1. The van der Waals surface area contributed by atoms with Crippen molar-refractivity contribution in [1.82, 2.24) is 19.9 Å². The van der Waals surface area contributed by atoms with Crippen LogP contribution in [0.5, 0.6) is 0 Å². The van der Waals surface area contributed by atoms with Gasteiger partial charge in [-0.3, -0.25) is 15.2 Å². The van der Waals surface area contributed by atoms with Gasteiger partial charge in [0.2, 0.25) is 10.0 Å². The van der Waals surface area contributed by atoms with Crippen LogP contribution in [-0.2, 0) is 16.4 Å². The summed E-state index contributed by atoms with van der Waals surface area (Å²) in [6.45, 7) is 1.66. The fourth-order valence-corrected chi connectivity index (χ4v) is 3.04. The van der Waals surface area contributed by atoms with Crippen molar-refractivity contribution in [2.45, 2.75) is 18.2 Å². The molecule has 0 aliphatic carbocycles. The first-order chi connectivity index (χ1) is 9.90. The van der Waals surface area contributed by atoms with Crippen LogP contribution in [0.1, 0.15) is 11.4 Å². The number of rotatable bonds is 6. The quantitative estimate of drug-likeness (QED) is 0.591. The number of nitrogens with one attached hydrogen (secondary N) is 2. The highest BCUT2D eigenvalue weighted by molar-refractivity contribution is 7.89. The minimum Gasteiger partial charge on any atom is -0.263 e. The molecule has 1 aromatic carbocycles. The Morgan fingerprint density at radius 1 is 1.43 bits per heavy atom. The van der Waals surface area contributed by atoms with Crippen LogP contribution in [0.4, 0.5) is 5.69 Å². The van der Waals surface area contributed by atoms with E-state index >= 15 is 0 Å². The fraction of sp³-hybridized carbons (Fsp3) is 0.273. The number of nitrogens with zero attached hydrogens (tertiary/aromatic N) is 3. The molecule has 0 saturated carbocycles. The maximum absolute atomic E-state index is 12.1. The summed E-state index contributed by atoms with van der Waals surface area (Å²) in [7, 11) is -3.72. The highest BCUT2D eigenvalue weighted by Gasteiger charge is 2.18. The number of aromatic nitrogens is 3. The maximum atomic E-state index is 12.1. The van der Waals surface area contributed by atoms with Gasteiger partial charge in [0.1, 0.15) is 12.2 Å². The van der Waals surface area contributed by atoms with Gasteiger partial charge in [0.15, 0.2) is 0 Å². The maximum Gasteiger partial charge on any atom is 0.269 e. The zero-order valence-electron chi connectivity index (χ0n) is 11.1. The molecule has 0 atom stereocenters. The summed E-state index contributed by atoms with van der Waals surface area (Å²) < 4.78 is 26.7. The van der Waals surface area contributed by atoms with Crippen molar-refractivity contribution in [3.8, 4) is 0 Å². The molecule has 1 heterocycles. The minimum atomic E-state index is -3.72. The fourth-order valence-electron chi connectivity index (χ4n) is 1.78. The third-order valence-corrected chi connectivity index (χ3v) is 4.40. The highest BCUT2D eigenvalue weighted by atomic mass is 32.2. The smallest absolute Gasteiger partial charge is 0.263 e. The zero-order chi connectivity index (χ0) is 15.5. The van der Waals surface area contributed by atoms with Gasteiger partial charge >= 0.3 is 0 Å². The van der Waals surface area contributed by atoms with Gasteiger partial charge in [-0.1, -0.05) is 0 Å². The number of nitro benzene ring substituents is 1. The van der Waals surface area contributed by atoms with E-state index in [0.29, 0.717) is 17.8 Å². The van der Waals surface area contributed by atoms with E-state index in [9.17, 15) is 18.5 Å². The molecule has 0 unspecified atom stereocenters. The molecule has 2 N–H and O–H groups in total. The van der Waals surface area contributed by atoms with Crippen LogP contribution in [0.15, 0.2) is 29.4 Å². The molecule has 0 spiro atoms. The molecule has 21 heavy (non-hydrogen) atoms. The van der Waals surface area contributed by atoms with Crippen molar-refractivity contribution in [3.63, 3.8) is 0 Å². The summed E-state index contributed by atoms with van der Waals surface area (Å²) in [5, 5.41) is 16.9. The van der Waals surface area contributed by atoms with Gasteiger partial charge in [0.25, 0.3) is 5.69 Å². The third-order valence-electron chi connectivity index (χ3n) is 2.78. The summed E-state index contributed by atoms with van der Waals surface area (Å²) in [6, 6.07) is 3.62. The Balaban J connectivity index is 2.10. The number of benzene rings is 1. The van der Waals surface area contributed by atoms with E-state index < -0.39 is 14.9 Å². The monoisotopic (exact) mass is 311 g/mol. The first-order valence-corrected chi connectivity index (χ1v) is 7.47. The predicted octanol–water partition coefficient (Wildman–Crippen LogP) is 0.542. The Kier molecular flexibility index (Phi) is 4.29. The molecule has 0 aliphatic heterocycles. The summed E-state index contributed by atoms with van der Waals surface area (Å²) in [5.74, 6) is 0.568. The van der Waals surface area contributed by atoms with Gasteiger partial charge in [-0.2, -0.15) is 5.10 Å². The lowest BCUT2D eigenvalue weighted by molar-refractivity contribution is -0.385. The van der Waals surface area contributed by atoms with Crippen molar-refractivity contribution in [2.24, 2.45) is 0 Å². The van der Waals surface area contributed by atoms with Crippen LogP contribution in [0, 0.1) is 17.0 Å². The summed E-state index contributed by atoms with van der Waals surface area (Å²) in [5.41, 5.74) is 0.171. The molecule has 0 radical (unpaired) electrons. The van der Waals surface area contributed by atoms with E-state index in [4.69, 9.17) is 0 Å². The van der Waals surface area contributed by atoms with Gasteiger partial charge in [0.05, 0.1) is 9.82 Å². The Labute approximate surface area is 120 Å². The molecular weight excluding hydrogens is 298 g/mol. The lowest BCUT2D eigenvalue weighted by Crippen LogP contribution is -2.26.